The van der Waals surface area contributed by atoms with Crippen molar-refractivity contribution >= 4 is 44.5 Å². The molecule has 1 heterocycles. The predicted octanol–water partition coefficient (Wildman–Crippen LogP) is 1.81. The lowest BCUT2D eigenvalue weighted by atomic mass is 10.2. The number of hydrogen-bond acceptors (Lipinski definition) is 3. The lowest BCUT2D eigenvalue weighted by Gasteiger charge is -2.07. The number of amides is 1. The Labute approximate surface area is 121 Å². The van der Waals surface area contributed by atoms with Gasteiger partial charge in [0.15, 0.2) is 0 Å². The van der Waals surface area contributed by atoms with Gasteiger partial charge in [-0.05, 0) is 34.5 Å². The molecule has 2 rings (SSSR count). The number of carboxylic acids is 1. The van der Waals surface area contributed by atoms with Gasteiger partial charge >= 0.3 is 11.7 Å². The Kier molecular flexibility index (Phi) is 4.23. The molecule has 1 aromatic carbocycles. The van der Waals surface area contributed by atoms with Crippen molar-refractivity contribution < 1.29 is 14.7 Å². The number of aliphatic carboxylic acids is 1. The molecule has 4 N–H and O–H groups in total. The summed E-state index contributed by atoms with van der Waals surface area (Å²) in [6.45, 7) is 0. The van der Waals surface area contributed by atoms with Crippen LogP contribution in [0.4, 0.5) is 5.69 Å². The Balaban J connectivity index is 2.08. The number of imidazole rings is 1. The third-order valence-electron chi connectivity index (χ3n) is 2.67. The van der Waals surface area contributed by atoms with Gasteiger partial charge in [0, 0.05) is 17.3 Å². The zero-order valence-electron chi connectivity index (χ0n) is 10.3. The van der Waals surface area contributed by atoms with E-state index >= 15 is 0 Å². The zero-order valence-corrected chi connectivity index (χ0v) is 11.9. The van der Waals surface area contributed by atoms with Crippen molar-refractivity contribution in [1.82, 2.24) is 9.97 Å². The number of fused-ring (bicyclic) bond motifs is 1. The number of aromatic amines is 2. The highest BCUT2D eigenvalue weighted by atomic mass is 79.9. The quantitative estimate of drug-likeness (QED) is 0.663. The molecule has 0 bridgehead atoms. The first kappa shape index (κ1) is 14.3. The van der Waals surface area contributed by atoms with Gasteiger partial charge in [-0.15, -0.1) is 0 Å². The van der Waals surface area contributed by atoms with Crippen molar-refractivity contribution in [3.05, 3.63) is 27.1 Å². The number of benzene rings is 1. The second kappa shape index (κ2) is 5.91. The first-order valence-corrected chi connectivity index (χ1v) is 6.68. The summed E-state index contributed by atoms with van der Waals surface area (Å²) in [6, 6.07) is 3.31. The number of H-pyrrole nitrogens is 2. The molecule has 0 saturated carbocycles. The van der Waals surface area contributed by atoms with Crippen LogP contribution in [0.25, 0.3) is 11.0 Å². The standard InChI is InChI=1S/C12H12BrN3O4/c13-6-4-8-9(16-12(20)15-8)5-7(6)14-10(17)2-1-3-11(18)19/h4-5H,1-3H2,(H,14,17)(H,18,19)(H2,15,16,20). The minimum absolute atomic E-state index is 0.0429. The molecule has 0 aliphatic carbocycles. The molecule has 8 heteroatoms. The normalized spacial score (nSPS) is 10.7. The van der Waals surface area contributed by atoms with Crippen LogP contribution in [0.15, 0.2) is 21.4 Å². The van der Waals surface area contributed by atoms with Gasteiger partial charge in [0.25, 0.3) is 0 Å². The van der Waals surface area contributed by atoms with Gasteiger partial charge in [-0.3, -0.25) is 9.59 Å². The predicted molar refractivity (Wildman–Crippen MR) is 76.7 cm³/mol. The highest BCUT2D eigenvalue weighted by Gasteiger charge is 2.09. The fraction of sp³-hybridized carbons (Fsp3) is 0.250. The Morgan fingerprint density at radius 3 is 2.50 bits per heavy atom. The van der Waals surface area contributed by atoms with Crippen molar-refractivity contribution in [2.24, 2.45) is 0 Å². The van der Waals surface area contributed by atoms with Crippen LogP contribution in [0, 0.1) is 0 Å². The molecule has 0 atom stereocenters. The maximum Gasteiger partial charge on any atom is 0.323 e. The SMILES string of the molecule is O=C(O)CCCC(=O)Nc1cc2[nH]c(=O)[nH]c2cc1Br. The van der Waals surface area contributed by atoms with Crippen LogP contribution in [0.2, 0.25) is 0 Å². The summed E-state index contributed by atoms with van der Waals surface area (Å²) in [5.41, 5.74) is 1.41. The molecule has 0 spiro atoms. The number of carbonyl (C=O) groups is 2. The molecule has 7 nitrogen and oxygen atoms in total. The van der Waals surface area contributed by atoms with Gasteiger partial charge in [0.1, 0.15) is 0 Å². The molecule has 2 aromatic rings. The average molecular weight is 342 g/mol. The smallest absolute Gasteiger partial charge is 0.323 e. The van der Waals surface area contributed by atoms with Gasteiger partial charge in [0.05, 0.1) is 16.7 Å². The second-order valence-corrected chi connectivity index (χ2v) is 5.11. The van der Waals surface area contributed by atoms with Gasteiger partial charge < -0.3 is 20.4 Å². The summed E-state index contributed by atoms with van der Waals surface area (Å²) in [4.78, 5) is 38.4. The van der Waals surface area contributed by atoms with Crippen LogP contribution in [0.1, 0.15) is 19.3 Å². The summed E-state index contributed by atoms with van der Waals surface area (Å²) in [6.07, 6.45) is 0.362. The largest absolute Gasteiger partial charge is 0.481 e. The van der Waals surface area contributed by atoms with Crippen LogP contribution in [0.3, 0.4) is 0 Å². The molecule has 0 aliphatic heterocycles. The first-order valence-electron chi connectivity index (χ1n) is 5.89. The minimum Gasteiger partial charge on any atom is -0.481 e. The summed E-state index contributed by atoms with van der Waals surface area (Å²) in [5.74, 6) is -1.20. The van der Waals surface area contributed by atoms with Gasteiger partial charge in [-0.1, -0.05) is 0 Å². The lowest BCUT2D eigenvalue weighted by Crippen LogP contribution is -2.12. The zero-order chi connectivity index (χ0) is 14.7. The maximum atomic E-state index is 11.7. The topological polar surface area (TPSA) is 115 Å². The molecule has 1 aromatic heterocycles. The van der Waals surface area contributed by atoms with Crippen LogP contribution in [0.5, 0.6) is 0 Å². The molecule has 0 fully saturated rings. The van der Waals surface area contributed by atoms with Crippen molar-refractivity contribution in [3.8, 4) is 0 Å². The Bertz CT molecular complexity index is 719. The molecule has 0 aliphatic rings. The molecule has 1 amide bonds. The molecular weight excluding hydrogens is 330 g/mol. The van der Waals surface area contributed by atoms with E-state index in [4.69, 9.17) is 5.11 Å². The number of hydrogen-bond donors (Lipinski definition) is 4. The van der Waals surface area contributed by atoms with E-state index < -0.39 is 5.97 Å². The van der Waals surface area contributed by atoms with Gasteiger partial charge in [-0.2, -0.15) is 0 Å². The molecular formula is C12H12BrN3O4. The van der Waals surface area contributed by atoms with Crippen LogP contribution >= 0.6 is 15.9 Å². The highest BCUT2D eigenvalue weighted by Crippen LogP contribution is 2.26. The summed E-state index contributed by atoms with van der Waals surface area (Å²) in [5, 5.41) is 11.2. The van der Waals surface area contributed by atoms with E-state index in [1.54, 1.807) is 12.1 Å². The van der Waals surface area contributed by atoms with E-state index in [-0.39, 0.29) is 30.9 Å². The molecule has 0 radical (unpaired) electrons. The summed E-state index contributed by atoms with van der Waals surface area (Å²) < 4.78 is 0.631. The number of aromatic nitrogens is 2. The van der Waals surface area contributed by atoms with Crippen LogP contribution in [-0.4, -0.2) is 27.0 Å². The number of nitrogens with one attached hydrogen (secondary N) is 3. The fourth-order valence-electron chi connectivity index (χ4n) is 1.76. The van der Waals surface area contributed by atoms with Gasteiger partial charge in [-0.25, -0.2) is 4.79 Å². The van der Waals surface area contributed by atoms with Crippen molar-refractivity contribution in [1.29, 1.82) is 0 Å². The van der Waals surface area contributed by atoms with Crippen LogP contribution in [-0.2, 0) is 9.59 Å². The monoisotopic (exact) mass is 341 g/mol. The molecule has 106 valence electrons. The second-order valence-electron chi connectivity index (χ2n) is 4.25. The summed E-state index contributed by atoms with van der Waals surface area (Å²) in [7, 11) is 0. The van der Waals surface area contributed by atoms with Crippen molar-refractivity contribution in [3.63, 3.8) is 0 Å². The average Bonchev–Trinajstić information content (AvgIpc) is 2.68. The van der Waals surface area contributed by atoms with E-state index in [9.17, 15) is 14.4 Å². The molecule has 0 unspecified atom stereocenters. The van der Waals surface area contributed by atoms with Crippen LogP contribution < -0.4 is 11.0 Å². The molecule has 0 saturated heterocycles. The Morgan fingerprint density at radius 1 is 1.20 bits per heavy atom. The van der Waals surface area contributed by atoms with Crippen molar-refractivity contribution in [2.75, 3.05) is 5.32 Å². The Hall–Kier alpha value is -2.09. The van der Waals surface area contributed by atoms with Crippen molar-refractivity contribution in [2.45, 2.75) is 19.3 Å². The van der Waals surface area contributed by atoms with E-state index in [0.29, 0.717) is 21.2 Å². The number of carboxylic acid groups (broad SMARTS) is 1. The van der Waals surface area contributed by atoms with E-state index in [0.717, 1.165) is 0 Å². The Morgan fingerprint density at radius 2 is 1.85 bits per heavy atom. The van der Waals surface area contributed by atoms with E-state index in [1.165, 1.54) is 0 Å². The highest BCUT2D eigenvalue weighted by molar-refractivity contribution is 9.10. The van der Waals surface area contributed by atoms with E-state index in [1.807, 2.05) is 0 Å². The number of carbonyl (C=O) groups excluding carboxylic acids is 1. The number of anilines is 1. The third kappa shape index (κ3) is 3.47. The lowest BCUT2D eigenvalue weighted by molar-refractivity contribution is -0.137. The number of halogens is 1. The first-order chi connectivity index (χ1) is 9.45. The van der Waals surface area contributed by atoms with Gasteiger partial charge in [0.2, 0.25) is 5.91 Å². The third-order valence-corrected chi connectivity index (χ3v) is 3.33. The fourth-order valence-corrected chi connectivity index (χ4v) is 2.21. The minimum atomic E-state index is -0.926. The summed E-state index contributed by atoms with van der Waals surface area (Å²) >= 11 is 3.30. The van der Waals surface area contributed by atoms with E-state index in [2.05, 4.69) is 31.2 Å². The maximum absolute atomic E-state index is 11.7. The number of rotatable bonds is 5. The molecule has 20 heavy (non-hydrogen) atoms.